The van der Waals surface area contributed by atoms with Gasteiger partial charge >= 0.3 is 11.9 Å². The standard InChI is InChI=1S/C14H12F3N3O3/c1-19-7-10(12(22)20(2)13(19)23)11(21)18-9-5-3-8(4-6-9)14(15,16)17/h3-7H,1-2H3,(H,18,21). The second-order valence-corrected chi connectivity index (χ2v) is 4.83. The van der Waals surface area contributed by atoms with Crippen LogP contribution in [-0.2, 0) is 20.3 Å². The number of alkyl halides is 3. The van der Waals surface area contributed by atoms with Gasteiger partial charge in [0.15, 0.2) is 0 Å². The number of nitrogens with zero attached hydrogens (tertiary/aromatic N) is 2. The summed E-state index contributed by atoms with van der Waals surface area (Å²) in [6.07, 6.45) is -3.40. The van der Waals surface area contributed by atoms with E-state index in [1.807, 2.05) is 0 Å². The molecule has 9 heteroatoms. The van der Waals surface area contributed by atoms with E-state index in [0.29, 0.717) is 0 Å². The maximum atomic E-state index is 12.5. The number of anilines is 1. The first-order chi connectivity index (χ1) is 10.6. The van der Waals surface area contributed by atoms with Gasteiger partial charge in [-0.15, -0.1) is 0 Å². The predicted octanol–water partition coefficient (Wildman–Crippen LogP) is 1.36. The van der Waals surface area contributed by atoms with E-state index in [-0.39, 0.29) is 11.3 Å². The van der Waals surface area contributed by atoms with Crippen molar-refractivity contribution in [2.75, 3.05) is 5.32 Å². The zero-order valence-corrected chi connectivity index (χ0v) is 12.1. The molecule has 1 amide bonds. The van der Waals surface area contributed by atoms with Crippen LogP contribution in [0, 0.1) is 0 Å². The van der Waals surface area contributed by atoms with Crippen molar-refractivity contribution in [1.29, 1.82) is 0 Å². The zero-order chi connectivity index (χ0) is 17.4. The third-order valence-corrected chi connectivity index (χ3v) is 3.16. The molecule has 0 radical (unpaired) electrons. The Bertz CT molecular complexity index is 864. The highest BCUT2D eigenvalue weighted by molar-refractivity contribution is 6.03. The zero-order valence-electron chi connectivity index (χ0n) is 12.1. The smallest absolute Gasteiger partial charge is 0.322 e. The summed E-state index contributed by atoms with van der Waals surface area (Å²) < 4.78 is 39.2. The third-order valence-electron chi connectivity index (χ3n) is 3.16. The lowest BCUT2D eigenvalue weighted by molar-refractivity contribution is -0.137. The van der Waals surface area contributed by atoms with Crippen LogP contribution < -0.4 is 16.6 Å². The molecule has 0 atom stereocenters. The number of carbonyl (C=O) groups is 1. The van der Waals surface area contributed by atoms with Crippen LogP contribution >= 0.6 is 0 Å². The fourth-order valence-corrected chi connectivity index (χ4v) is 1.90. The first-order valence-corrected chi connectivity index (χ1v) is 6.36. The van der Waals surface area contributed by atoms with Crippen molar-refractivity contribution in [3.63, 3.8) is 0 Å². The van der Waals surface area contributed by atoms with Crippen LogP contribution in [0.3, 0.4) is 0 Å². The molecule has 0 spiro atoms. The van der Waals surface area contributed by atoms with E-state index in [0.717, 1.165) is 39.6 Å². The Morgan fingerprint density at radius 1 is 1.09 bits per heavy atom. The van der Waals surface area contributed by atoms with Crippen LogP contribution in [0.25, 0.3) is 0 Å². The normalized spacial score (nSPS) is 11.3. The maximum Gasteiger partial charge on any atom is 0.416 e. The van der Waals surface area contributed by atoms with Gasteiger partial charge in [0.05, 0.1) is 5.56 Å². The summed E-state index contributed by atoms with van der Waals surface area (Å²) in [7, 11) is 2.59. The van der Waals surface area contributed by atoms with Gasteiger partial charge in [-0.05, 0) is 24.3 Å². The Hall–Kier alpha value is -2.84. The molecular formula is C14H12F3N3O3. The summed E-state index contributed by atoms with van der Waals surface area (Å²) in [6.45, 7) is 0. The number of aromatic nitrogens is 2. The van der Waals surface area contributed by atoms with Crippen LogP contribution in [0.4, 0.5) is 18.9 Å². The third kappa shape index (κ3) is 3.33. The minimum Gasteiger partial charge on any atom is -0.322 e. The molecule has 2 aromatic rings. The van der Waals surface area contributed by atoms with Crippen LogP contribution in [-0.4, -0.2) is 15.0 Å². The summed E-state index contributed by atoms with van der Waals surface area (Å²) in [6, 6.07) is 3.78. The van der Waals surface area contributed by atoms with E-state index in [1.165, 1.54) is 14.1 Å². The molecule has 6 nitrogen and oxygen atoms in total. The predicted molar refractivity (Wildman–Crippen MR) is 76.3 cm³/mol. The number of rotatable bonds is 2. The van der Waals surface area contributed by atoms with Crippen molar-refractivity contribution in [2.24, 2.45) is 14.1 Å². The number of benzene rings is 1. The number of nitrogens with one attached hydrogen (secondary N) is 1. The lowest BCUT2D eigenvalue weighted by atomic mass is 10.2. The molecule has 1 heterocycles. The SMILES string of the molecule is Cn1cc(C(=O)Nc2ccc(C(F)(F)F)cc2)c(=O)n(C)c1=O. The number of aryl methyl sites for hydroxylation is 1. The Morgan fingerprint density at radius 3 is 2.17 bits per heavy atom. The van der Waals surface area contributed by atoms with Gasteiger partial charge in [-0.3, -0.25) is 14.2 Å². The Balaban J connectivity index is 2.30. The van der Waals surface area contributed by atoms with Gasteiger partial charge in [0.1, 0.15) is 5.56 Å². The Kier molecular flexibility index (Phi) is 4.13. The second kappa shape index (κ2) is 5.75. The van der Waals surface area contributed by atoms with E-state index >= 15 is 0 Å². The minimum absolute atomic E-state index is 0.0962. The summed E-state index contributed by atoms with van der Waals surface area (Å²) in [5.74, 6) is -0.819. The molecular weight excluding hydrogens is 315 g/mol. The lowest BCUT2D eigenvalue weighted by Gasteiger charge is -2.09. The van der Waals surface area contributed by atoms with Gasteiger partial charge in [-0.2, -0.15) is 13.2 Å². The van der Waals surface area contributed by atoms with Gasteiger partial charge in [0.2, 0.25) is 0 Å². The van der Waals surface area contributed by atoms with E-state index in [2.05, 4.69) is 5.32 Å². The number of halogens is 3. The highest BCUT2D eigenvalue weighted by Crippen LogP contribution is 2.29. The topological polar surface area (TPSA) is 73.1 Å². The maximum absolute atomic E-state index is 12.5. The summed E-state index contributed by atoms with van der Waals surface area (Å²) in [5, 5.41) is 2.32. The van der Waals surface area contributed by atoms with Gasteiger partial charge in [0, 0.05) is 26.0 Å². The first kappa shape index (κ1) is 16.5. The molecule has 0 aliphatic rings. The largest absolute Gasteiger partial charge is 0.416 e. The molecule has 122 valence electrons. The van der Waals surface area contributed by atoms with E-state index < -0.39 is 28.9 Å². The lowest BCUT2D eigenvalue weighted by Crippen LogP contribution is -2.40. The molecule has 0 aliphatic heterocycles. The van der Waals surface area contributed by atoms with Gasteiger partial charge in [0.25, 0.3) is 11.5 Å². The number of hydrogen-bond acceptors (Lipinski definition) is 3. The van der Waals surface area contributed by atoms with Crippen molar-refractivity contribution in [2.45, 2.75) is 6.18 Å². The summed E-state index contributed by atoms with van der Waals surface area (Å²) >= 11 is 0. The van der Waals surface area contributed by atoms with Crippen molar-refractivity contribution in [3.05, 3.63) is 62.4 Å². The van der Waals surface area contributed by atoms with E-state index in [9.17, 15) is 27.6 Å². The molecule has 1 aromatic carbocycles. The Labute approximate surface area is 127 Å². The van der Waals surface area contributed by atoms with Crippen LogP contribution in [0.2, 0.25) is 0 Å². The number of carbonyl (C=O) groups excluding carboxylic acids is 1. The average molecular weight is 327 g/mol. The molecule has 0 bridgehead atoms. The van der Waals surface area contributed by atoms with E-state index in [1.54, 1.807) is 0 Å². The second-order valence-electron chi connectivity index (χ2n) is 4.83. The van der Waals surface area contributed by atoms with Crippen LogP contribution in [0.15, 0.2) is 40.1 Å². The van der Waals surface area contributed by atoms with Crippen molar-refractivity contribution in [1.82, 2.24) is 9.13 Å². The summed E-state index contributed by atoms with van der Waals surface area (Å²) in [5.41, 5.74) is -2.44. The first-order valence-electron chi connectivity index (χ1n) is 6.36. The molecule has 0 saturated heterocycles. The van der Waals surface area contributed by atoms with Gasteiger partial charge in [-0.25, -0.2) is 4.79 Å². The quantitative estimate of drug-likeness (QED) is 0.905. The molecule has 0 aliphatic carbocycles. The van der Waals surface area contributed by atoms with Crippen molar-refractivity contribution in [3.8, 4) is 0 Å². The van der Waals surface area contributed by atoms with Crippen LogP contribution in [0.1, 0.15) is 15.9 Å². The van der Waals surface area contributed by atoms with Gasteiger partial charge < -0.3 is 9.88 Å². The van der Waals surface area contributed by atoms with E-state index in [4.69, 9.17) is 0 Å². The highest BCUT2D eigenvalue weighted by atomic mass is 19.4. The Morgan fingerprint density at radius 2 is 1.65 bits per heavy atom. The van der Waals surface area contributed by atoms with Crippen molar-refractivity contribution >= 4 is 11.6 Å². The average Bonchev–Trinajstić information content (AvgIpc) is 2.48. The monoisotopic (exact) mass is 327 g/mol. The van der Waals surface area contributed by atoms with Gasteiger partial charge in [-0.1, -0.05) is 0 Å². The number of hydrogen-bond donors (Lipinski definition) is 1. The highest BCUT2D eigenvalue weighted by Gasteiger charge is 2.30. The van der Waals surface area contributed by atoms with Crippen molar-refractivity contribution < 1.29 is 18.0 Å². The molecule has 1 aromatic heterocycles. The molecule has 0 saturated carbocycles. The van der Waals surface area contributed by atoms with Crippen LogP contribution in [0.5, 0.6) is 0 Å². The molecule has 0 fully saturated rings. The summed E-state index contributed by atoms with van der Waals surface area (Å²) in [4.78, 5) is 35.5. The fourth-order valence-electron chi connectivity index (χ4n) is 1.90. The molecule has 2 rings (SSSR count). The fraction of sp³-hybridized carbons (Fsp3) is 0.214. The molecule has 1 N–H and O–H groups in total. The minimum atomic E-state index is -4.48. The number of amides is 1. The molecule has 23 heavy (non-hydrogen) atoms. The molecule has 0 unspecified atom stereocenters.